The highest BCUT2D eigenvalue weighted by atomic mass is 16.1. The molecule has 0 saturated carbocycles. The number of nitrogens with one attached hydrogen (secondary N) is 1. The van der Waals surface area contributed by atoms with E-state index in [2.05, 4.69) is 5.32 Å². The molecule has 8 heavy (non-hydrogen) atoms. The van der Waals surface area contributed by atoms with Crippen molar-refractivity contribution in [3.8, 4) is 6.07 Å². The van der Waals surface area contributed by atoms with Crippen LogP contribution in [0.1, 0.15) is 13.3 Å². The average Bonchev–Trinajstić information content (AvgIpc) is 1.66. The fraction of sp³-hybridized carbons (Fsp3) is 0.600. The summed E-state index contributed by atoms with van der Waals surface area (Å²) in [5.41, 5.74) is 0. The van der Waals surface area contributed by atoms with E-state index in [1.807, 2.05) is 6.07 Å². The third kappa shape index (κ3) is 4.96. The Morgan fingerprint density at radius 2 is 2.50 bits per heavy atom. The summed E-state index contributed by atoms with van der Waals surface area (Å²) in [5, 5.41) is 10.5. The first kappa shape index (κ1) is 6.96. The molecule has 0 aliphatic rings. The molecule has 44 valence electrons. The first-order valence-corrected chi connectivity index (χ1v) is 2.38. The molecule has 0 heterocycles. The summed E-state index contributed by atoms with van der Waals surface area (Å²) in [6.07, 6.45) is 0.388. The molecule has 0 saturated heterocycles. The van der Waals surface area contributed by atoms with E-state index >= 15 is 0 Å². The Bertz CT molecular complexity index is 114. The molecule has 0 unspecified atom stereocenters. The number of amides is 1. The average molecular weight is 112 g/mol. The molecule has 0 radical (unpaired) electrons. The van der Waals surface area contributed by atoms with Crippen LogP contribution in [0.15, 0.2) is 0 Å². The topological polar surface area (TPSA) is 52.9 Å². The van der Waals surface area contributed by atoms with E-state index in [0.29, 0.717) is 13.0 Å². The second-order valence-corrected chi connectivity index (χ2v) is 1.39. The number of nitrogens with zero attached hydrogens (tertiary/aromatic N) is 1. The molecular formula is C5H8N2O. The SMILES string of the molecule is CC(=O)NCCC#N. The first-order chi connectivity index (χ1) is 3.77. The van der Waals surface area contributed by atoms with E-state index in [1.165, 1.54) is 6.92 Å². The maximum Gasteiger partial charge on any atom is 0.216 e. The zero-order valence-corrected chi connectivity index (χ0v) is 4.77. The van der Waals surface area contributed by atoms with Gasteiger partial charge in [-0.15, -0.1) is 0 Å². The maximum absolute atomic E-state index is 10.1. The zero-order chi connectivity index (χ0) is 6.41. The van der Waals surface area contributed by atoms with Crippen LogP contribution in [0.25, 0.3) is 0 Å². The summed E-state index contributed by atoms with van der Waals surface area (Å²) >= 11 is 0. The van der Waals surface area contributed by atoms with E-state index in [9.17, 15) is 4.79 Å². The van der Waals surface area contributed by atoms with Crippen LogP contribution in [0.5, 0.6) is 0 Å². The van der Waals surface area contributed by atoms with Gasteiger partial charge in [-0.3, -0.25) is 4.79 Å². The zero-order valence-electron chi connectivity index (χ0n) is 4.77. The molecule has 3 heteroatoms. The van der Waals surface area contributed by atoms with Gasteiger partial charge in [-0.25, -0.2) is 0 Å². The summed E-state index contributed by atoms with van der Waals surface area (Å²) < 4.78 is 0. The highest BCUT2D eigenvalue weighted by Crippen LogP contribution is 1.68. The van der Waals surface area contributed by atoms with Gasteiger partial charge in [-0.05, 0) is 0 Å². The minimum absolute atomic E-state index is 0.0831. The van der Waals surface area contributed by atoms with E-state index < -0.39 is 0 Å². The van der Waals surface area contributed by atoms with E-state index in [4.69, 9.17) is 5.26 Å². The number of rotatable bonds is 2. The first-order valence-electron chi connectivity index (χ1n) is 2.38. The lowest BCUT2D eigenvalue weighted by molar-refractivity contribution is -0.118. The summed E-state index contributed by atoms with van der Waals surface area (Å²) in [6, 6.07) is 1.91. The van der Waals surface area contributed by atoms with Crippen molar-refractivity contribution in [3.05, 3.63) is 0 Å². The van der Waals surface area contributed by atoms with Crippen molar-refractivity contribution >= 4 is 5.91 Å². The molecule has 3 nitrogen and oxygen atoms in total. The molecule has 0 aliphatic heterocycles. The molecule has 1 amide bonds. The molecule has 0 rings (SSSR count). The molecular weight excluding hydrogens is 104 g/mol. The molecule has 0 aromatic carbocycles. The summed E-state index contributed by atoms with van der Waals surface area (Å²) in [7, 11) is 0. The molecule has 0 aromatic rings. The van der Waals surface area contributed by atoms with Gasteiger partial charge >= 0.3 is 0 Å². The predicted molar refractivity (Wildman–Crippen MR) is 28.9 cm³/mol. The summed E-state index contributed by atoms with van der Waals surface area (Å²) in [4.78, 5) is 10.1. The van der Waals surface area contributed by atoms with Gasteiger partial charge in [-0.1, -0.05) is 0 Å². The number of nitriles is 1. The Morgan fingerprint density at radius 1 is 1.88 bits per heavy atom. The lowest BCUT2D eigenvalue weighted by Crippen LogP contribution is -2.20. The van der Waals surface area contributed by atoms with Crippen molar-refractivity contribution in [1.29, 1.82) is 5.26 Å². The number of hydrogen-bond donors (Lipinski definition) is 1. The Kier molecular flexibility index (Phi) is 3.59. The monoisotopic (exact) mass is 112 g/mol. The summed E-state index contributed by atoms with van der Waals surface area (Å²) in [5.74, 6) is -0.0831. The van der Waals surface area contributed by atoms with Gasteiger partial charge in [0, 0.05) is 13.5 Å². The maximum atomic E-state index is 10.1. The quantitative estimate of drug-likeness (QED) is 0.512. The largest absolute Gasteiger partial charge is 0.355 e. The second-order valence-electron chi connectivity index (χ2n) is 1.39. The van der Waals surface area contributed by atoms with Crippen molar-refractivity contribution in [2.75, 3.05) is 6.54 Å². The standard InChI is InChI=1S/C5H8N2O/c1-5(8)7-4-2-3-6/h2,4H2,1H3,(H,7,8). The van der Waals surface area contributed by atoms with Gasteiger partial charge in [-0.2, -0.15) is 5.26 Å². The van der Waals surface area contributed by atoms with Crippen LogP contribution in [-0.4, -0.2) is 12.5 Å². The third-order valence-electron chi connectivity index (χ3n) is 0.611. The minimum Gasteiger partial charge on any atom is -0.355 e. The van der Waals surface area contributed by atoms with Crippen molar-refractivity contribution in [2.45, 2.75) is 13.3 Å². The lowest BCUT2D eigenvalue weighted by Gasteiger charge is -1.92. The van der Waals surface area contributed by atoms with Crippen molar-refractivity contribution < 1.29 is 4.79 Å². The van der Waals surface area contributed by atoms with E-state index in [0.717, 1.165) is 0 Å². The van der Waals surface area contributed by atoms with Crippen LogP contribution in [0.3, 0.4) is 0 Å². The minimum atomic E-state index is -0.0831. The van der Waals surface area contributed by atoms with Crippen molar-refractivity contribution in [2.24, 2.45) is 0 Å². The van der Waals surface area contributed by atoms with Crippen LogP contribution in [0.4, 0.5) is 0 Å². The van der Waals surface area contributed by atoms with Gasteiger partial charge in [0.1, 0.15) is 0 Å². The van der Waals surface area contributed by atoms with Crippen LogP contribution in [0, 0.1) is 11.3 Å². The van der Waals surface area contributed by atoms with Crippen LogP contribution in [0.2, 0.25) is 0 Å². The van der Waals surface area contributed by atoms with Crippen LogP contribution < -0.4 is 5.32 Å². The fourth-order valence-corrected chi connectivity index (χ4v) is 0.294. The second kappa shape index (κ2) is 4.13. The Balaban J connectivity index is 2.97. The molecule has 0 bridgehead atoms. The van der Waals surface area contributed by atoms with E-state index in [1.54, 1.807) is 0 Å². The molecule has 1 N–H and O–H groups in total. The van der Waals surface area contributed by atoms with Crippen LogP contribution in [-0.2, 0) is 4.79 Å². The highest BCUT2D eigenvalue weighted by molar-refractivity contribution is 5.72. The summed E-state index contributed by atoms with van der Waals surface area (Å²) in [6.45, 7) is 1.89. The number of hydrogen-bond acceptors (Lipinski definition) is 2. The normalized spacial score (nSPS) is 7.50. The van der Waals surface area contributed by atoms with Crippen LogP contribution >= 0.6 is 0 Å². The number of carbonyl (C=O) groups excluding carboxylic acids is 1. The Morgan fingerprint density at radius 3 is 2.88 bits per heavy atom. The smallest absolute Gasteiger partial charge is 0.216 e. The third-order valence-corrected chi connectivity index (χ3v) is 0.611. The van der Waals surface area contributed by atoms with Gasteiger partial charge < -0.3 is 5.32 Å². The lowest BCUT2D eigenvalue weighted by atomic mass is 10.5. The number of carbonyl (C=O) groups is 1. The predicted octanol–water partition coefficient (Wildman–Crippen LogP) is 0.0362. The molecule has 0 atom stereocenters. The molecule has 0 aliphatic carbocycles. The van der Waals surface area contributed by atoms with Gasteiger partial charge in [0.2, 0.25) is 5.91 Å². The molecule has 0 fully saturated rings. The Labute approximate surface area is 48.3 Å². The Hall–Kier alpha value is -1.04. The van der Waals surface area contributed by atoms with Crippen molar-refractivity contribution in [1.82, 2.24) is 5.32 Å². The van der Waals surface area contributed by atoms with Gasteiger partial charge in [0.25, 0.3) is 0 Å². The van der Waals surface area contributed by atoms with Gasteiger partial charge in [0.15, 0.2) is 0 Å². The molecule has 0 spiro atoms. The molecule has 0 aromatic heterocycles. The fourth-order valence-electron chi connectivity index (χ4n) is 0.294. The highest BCUT2D eigenvalue weighted by Gasteiger charge is 1.85. The van der Waals surface area contributed by atoms with Crippen molar-refractivity contribution in [3.63, 3.8) is 0 Å². The van der Waals surface area contributed by atoms with Gasteiger partial charge in [0.05, 0.1) is 12.5 Å². The van der Waals surface area contributed by atoms with E-state index in [-0.39, 0.29) is 5.91 Å².